The summed E-state index contributed by atoms with van der Waals surface area (Å²) in [6.45, 7) is 3.36. The molecule has 2 heterocycles. The molecule has 0 spiro atoms. The average molecular weight is 379 g/mol. The summed E-state index contributed by atoms with van der Waals surface area (Å²) in [6, 6.07) is 10.7. The predicted octanol–water partition coefficient (Wildman–Crippen LogP) is 2.73. The highest BCUT2D eigenvalue weighted by Gasteiger charge is 2.28. The van der Waals surface area contributed by atoms with Gasteiger partial charge in [0.25, 0.3) is 5.91 Å². The minimum Gasteiger partial charge on any atom is -0.366 e. The molecule has 6 nitrogen and oxygen atoms in total. The van der Waals surface area contributed by atoms with Crippen molar-refractivity contribution < 1.29 is 9.18 Å². The van der Waals surface area contributed by atoms with E-state index < -0.39 is 5.91 Å². The number of hydrogen-bond acceptors (Lipinski definition) is 5. The first-order chi connectivity index (χ1) is 13.5. The van der Waals surface area contributed by atoms with Crippen LogP contribution < -0.4 is 16.4 Å². The van der Waals surface area contributed by atoms with Gasteiger partial charge in [0.05, 0.1) is 11.1 Å². The van der Waals surface area contributed by atoms with Gasteiger partial charge < -0.3 is 16.4 Å². The van der Waals surface area contributed by atoms with Crippen LogP contribution in [-0.4, -0.2) is 35.0 Å². The molecule has 2 unspecified atom stereocenters. The number of nitrogens with zero attached hydrogens (tertiary/aromatic N) is 2. The van der Waals surface area contributed by atoms with Crippen LogP contribution in [0, 0.1) is 12.7 Å². The zero-order valence-corrected chi connectivity index (χ0v) is 15.6. The molecule has 1 aliphatic rings. The molecule has 1 amide bonds. The standard InChI is InChI=1S/C21H22FN5O/c1-12-5-6-13(9-17(12)22)14-7-8-24-10-18(14)27-21-16-4-2-3-15(20(23)28)19(16)25-11-26-21/h2-6,9,11,14,18,24H,7-8,10H2,1H3,(H2,23,28)(H,25,26,27). The highest BCUT2D eigenvalue weighted by atomic mass is 19.1. The summed E-state index contributed by atoms with van der Waals surface area (Å²) < 4.78 is 14.1. The molecule has 28 heavy (non-hydrogen) atoms. The van der Waals surface area contributed by atoms with Crippen LogP contribution in [0.4, 0.5) is 10.2 Å². The van der Waals surface area contributed by atoms with Crippen LogP contribution in [0.25, 0.3) is 10.9 Å². The number of aromatic nitrogens is 2. The molecule has 0 saturated carbocycles. The van der Waals surface area contributed by atoms with Crippen molar-refractivity contribution in [3.63, 3.8) is 0 Å². The second-order valence-corrected chi connectivity index (χ2v) is 7.15. The number of anilines is 1. The topological polar surface area (TPSA) is 92.9 Å². The summed E-state index contributed by atoms with van der Waals surface area (Å²) in [5, 5.41) is 7.60. The summed E-state index contributed by atoms with van der Waals surface area (Å²) in [5.74, 6) is 0.0658. The zero-order chi connectivity index (χ0) is 19.7. The maximum atomic E-state index is 14.1. The number of halogens is 1. The van der Waals surface area contributed by atoms with Crippen LogP contribution in [-0.2, 0) is 0 Å². The van der Waals surface area contributed by atoms with Crippen molar-refractivity contribution in [1.82, 2.24) is 15.3 Å². The number of benzene rings is 2. The fourth-order valence-electron chi connectivity index (χ4n) is 3.83. The van der Waals surface area contributed by atoms with Crippen molar-refractivity contribution in [3.05, 3.63) is 65.2 Å². The molecule has 2 aromatic carbocycles. The molecular formula is C21H22FN5O. The number of amides is 1. The Morgan fingerprint density at radius 3 is 2.93 bits per heavy atom. The van der Waals surface area contributed by atoms with Gasteiger partial charge in [0, 0.05) is 23.9 Å². The number of carbonyl (C=O) groups is 1. The van der Waals surface area contributed by atoms with Gasteiger partial charge in [-0.1, -0.05) is 18.2 Å². The Bertz CT molecular complexity index is 1040. The minimum absolute atomic E-state index is 0.0196. The van der Waals surface area contributed by atoms with Crippen molar-refractivity contribution in [1.29, 1.82) is 0 Å². The molecule has 0 bridgehead atoms. The number of rotatable bonds is 4. The lowest BCUT2D eigenvalue weighted by molar-refractivity contribution is 0.100. The quantitative estimate of drug-likeness (QED) is 0.648. The number of primary amides is 1. The van der Waals surface area contributed by atoms with E-state index in [1.54, 1.807) is 25.1 Å². The normalized spacial score (nSPS) is 19.5. The molecule has 1 fully saturated rings. The summed E-state index contributed by atoms with van der Waals surface area (Å²) in [5.41, 5.74) is 7.97. The van der Waals surface area contributed by atoms with Gasteiger partial charge in [-0.3, -0.25) is 4.79 Å². The van der Waals surface area contributed by atoms with E-state index >= 15 is 0 Å². The number of nitrogens with two attached hydrogens (primary N) is 1. The van der Waals surface area contributed by atoms with Crippen LogP contribution in [0.3, 0.4) is 0 Å². The Labute approximate surface area is 162 Å². The Morgan fingerprint density at radius 2 is 2.14 bits per heavy atom. The fraction of sp³-hybridized carbons (Fsp3) is 0.286. The molecule has 1 aliphatic heterocycles. The van der Waals surface area contributed by atoms with Gasteiger partial charge >= 0.3 is 0 Å². The summed E-state index contributed by atoms with van der Waals surface area (Å²) in [6.07, 6.45) is 2.31. The van der Waals surface area contributed by atoms with Gasteiger partial charge in [-0.25, -0.2) is 14.4 Å². The Kier molecular flexibility index (Phi) is 4.92. The Hall–Kier alpha value is -3.06. The Morgan fingerprint density at radius 1 is 1.29 bits per heavy atom. The molecule has 0 radical (unpaired) electrons. The smallest absolute Gasteiger partial charge is 0.250 e. The summed E-state index contributed by atoms with van der Waals surface area (Å²) in [7, 11) is 0. The molecule has 7 heteroatoms. The number of carbonyl (C=O) groups excluding carboxylic acids is 1. The van der Waals surface area contributed by atoms with Crippen molar-refractivity contribution >= 4 is 22.6 Å². The molecule has 4 rings (SSSR count). The lowest BCUT2D eigenvalue weighted by Crippen LogP contribution is -2.44. The maximum Gasteiger partial charge on any atom is 0.250 e. The average Bonchev–Trinajstić information content (AvgIpc) is 2.70. The van der Waals surface area contributed by atoms with E-state index in [-0.39, 0.29) is 17.8 Å². The molecule has 2 atom stereocenters. The van der Waals surface area contributed by atoms with Crippen LogP contribution in [0.5, 0.6) is 0 Å². The van der Waals surface area contributed by atoms with Gasteiger partial charge in [-0.15, -0.1) is 0 Å². The van der Waals surface area contributed by atoms with Crippen molar-refractivity contribution in [2.24, 2.45) is 5.73 Å². The molecule has 0 aliphatic carbocycles. The highest BCUT2D eigenvalue weighted by molar-refractivity contribution is 6.06. The zero-order valence-electron chi connectivity index (χ0n) is 15.6. The van der Waals surface area contributed by atoms with E-state index in [4.69, 9.17) is 5.73 Å². The molecule has 1 aromatic heterocycles. The second kappa shape index (κ2) is 7.52. The van der Waals surface area contributed by atoms with Crippen molar-refractivity contribution in [3.8, 4) is 0 Å². The highest BCUT2D eigenvalue weighted by Crippen LogP contribution is 2.30. The van der Waals surface area contributed by atoms with Crippen molar-refractivity contribution in [2.75, 3.05) is 18.4 Å². The van der Waals surface area contributed by atoms with Gasteiger partial charge in [0.1, 0.15) is 18.0 Å². The van der Waals surface area contributed by atoms with Crippen LogP contribution >= 0.6 is 0 Å². The first-order valence-corrected chi connectivity index (χ1v) is 9.31. The molecule has 1 saturated heterocycles. The Balaban J connectivity index is 1.69. The van der Waals surface area contributed by atoms with Gasteiger partial charge in [0.15, 0.2) is 0 Å². The molecular weight excluding hydrogens is 357 g/mol. The minimum atomic E-state index is -0.525. The summed E-state index contributed by atoms with van der Waals surface area (Å²) >= 11 is 0. The van der Waals surface area contributed by atoms with E-state index in [1.165, 1.54) is 6.33 Å². The number of fused-ring (bicyclic) bond motifs is 1. The lowest BCUT2D eigenvalue weighted by Gasteiger charge is -2.34. The van der Waals surface area contributed by atoms with E-state index in [1.807, 2.05) is 18.2 Å². The van der Waals surface area contributed by atoms with E-state index in [0.29, 0.717) is 22.5 Å². The lowest BCUT2D eigenvalue weighted by atomic mass is 9.85. The SMILES string of the molecule is Cc1ccc(C2CCNCC2Nc2ncnc3c(C(N)=O)cccc23)cc1F. The van der Waals surface area contributed by atoms with Crippen LogP contribution in [0.2, 0.25) is 0 Å². The van der Waals surface area contributed by atoms with Crippen LogP contribution in [0.15, 0.2) is 42.7 Å². The van der Waals surface area contributed by atoms with E-state index in [2.05, 4.69) is 20.6 Å². The van der Waals surface area contributed by atoms with Gasteiger partial charge in [-0.05, 0) is 49.2 Å². The van der Waals surface area contributed by atoms with Crippen LogP contribution in [0.1, 0.15) is 33.8 Å². The van der Waals surface area contributed by atoms with Crippen molar-refractivity contribution in [2.45, 2.75) is 25.3 Å². The monoisotopic (exact) mass is 379 g/mol. The molecule has 3 aromatic rings. The number of aryl methyl sites for hydroxylation is 1. The number of piperidine rings is 1. The summed E-state index contributed by atoms with van der Waals surface area (Å²) in [4.78, 5) is 20.3. The largest absolute Gasteiger partial charge is 0.366 e. The first kappa shape index (κ1) is 18.3. The number of hydrogen-bond donors (Lipinski definition) is 3. The van der Waals surface area contributed by atoms with E-state index in [0.717, 1.165) is 30.5 Å². The third-order valence-corrected chi connectivity index (χ3v) is 5.36. The number of para-hydroxylation sites is 1. The maximum absolute atomic E-state index is 14.1. The predicted molar refractivity (Wildman–Crippen MR) is 107 cm³/mol. The third-order valence-electron chi connectivity index (χ3n) is 5.36. The molecule has 144 valence electrons. The fourth-order valence-corrected chi connectivity index (χ4v) is 3.83. The third kappa shape index (κ3) is 3.41. The number of nitrogens with one attached hydrogen (secondary N) is 2. The van der Waals surface area contributed by atoms with E-state index in [9.17, 15) is 9.18 Å². The second-order valence-electron chi connectivity index (χ2n) is 7.15. The molecule has 4 N–H and O–H groups in total. The van der Waals surface area contributed by atoms with Gasteiger partial charge in [0.2, 0.25) is 0 Å². The first-order valence-electron chi connectivity index (χ1n) is 9.31. The van der Waals surface area contributed by atoms with Gasteiger partial charge in [-0.2, -0.15) is 0 Å².